The zero-order valence-corrected chi connectivity index (χ0v) is 17.8. The molecule has 0 amide bonds. The van der Waals surface area contributed by atoms with Crippen LogP contribution in [-0.4, -0.2) is 54.2 Å². The van der Waals surface area contributed by atoms with Gasteiger partial charge in [0.25, 0.3) is 5.69 Å². The highest BCUT2D eigenvalue weighted by molar-refractivity contribution is 6.30. The molecule has 162 valence electrons. The first-order valence-corrected chi connectivity index (χ1v) is 10.6. The summed E-state index contributed by atoms with van der Waals surface area (Å²) >= 11 is 6.10. The molecular formula is C22H24ClN5O3. The number of nitro benzene ring substituents is 1. The molecule has 1 N–H and O–H groups in total. The Hall–Kier alpha value is -2.94. The van der Waals surface area contributed by atoms with E-state index in [-0.39, 0.29) is 5.69 Å². The number of halogens is 1. The van der Waals surface area contributed by atoms with Crippen LogP contribution in [0.5, 0.6) is 0 Å². The van der Waals surface area contributed by atoms with E-state index in [1.807, 2.05) is 18.2 Å². The number of hydrogen-bond donors (Lipinski definition) is 1. The lowest BCUT2D eigenvalue weighted by molar-refractivity contribution is -0.384. The van der Waals surface area contributed by atoms with E-state index in [9.17, 15) is 10.1 Å². The monoisotopic (exact) mass is 441 g/mol. The molecule has 4 rings (SSSR count). The van der Waals surface area contributed by atoms with Crippen LogP contribution in [0.25, 0.3) is 11.3 Å². The summed E-state index contributed by atoms with van der Waals surface area (Å²) in [6.07, 6.45) is 0. The Morgan fingerprint density at radius 1 is 1.10 bits per heavy atom. The van der Waals surface area contributed by atoms with Gasteiger partial charge in [-0.05, 0) is 24.3 Å². The summed E-state index contributed by atoms with van der Waals surface area (Å²) in [5.74, 6) is 0.652. The van der Waals surface area contributed by atoms with Gasteiger partial charge in [-0.1, -0.05) is 35.0 Å². The van der Waals surface area contributed by atoms with Crippen LogP contribution in [0.15, 0.2) is 59.1 Å². The minimum absolute atomic E-state index is 0.0206. The van der Waals surface area contributed by atoms with E-state index >= 15 is 0 Å². The molecule has 8 nitrogen and oxygen atoms in total. The van der Waals surface area contributed by atoms with Gasteiger partial charge in [-0.2, -0.15) is 0 Å². The van der Waals surface area contributed by atoms with Gasteiger partial charge in [0.1, 0.15) is 5.69 Å². The van der Waals surface area contributed by atoms with Crippen LogP contribution in [0.1, 0.15) is 5.76 Å². The smallest absolute Gasteiger partial charge is 0.278 e. The molecule has 0 radical (unpaired) electrons. The molecule has 1 aliphatic heterocycles. The van der Waals surface area contributed by atoms with Crippen molar-refractivity contribution in [3.63, 3.8) is 0 Å². The quantitative estimate of drug-likeness (QED) is 0.323. The zero-order chi connectivity index (χ0) is 21.6. The fourth-order valence-electron chi connectivity index (χ4n) is 3.72. The Kier molecular flexibility index (Phi) is 6.81. The molecule has 0 spiro atoms. The highest BCUT2D eigenvalue weighted by Gasteiger charge is 2.19. The fraction of sp³-hybridized carbons (Fsp3) is 0.318. The highest BCUT2D eigenvalue weighted by atomic mass is 35.5. The van der Waals surface area contributed by atoms with E-state index in [1.54, 1.807) is 24.3 Å². The zero-order valence-electron chi connectivity index (χ0n) is 17.0. The molecule has 0 unspecified atom stereocenters. The molecule has 1 aliphatic rings. The summed E-state index contributed by atoms with van der Waals surface area (Å²) in [6.45, 7) is 6.23. The van der Waals surface area contributed by atoms with Crippen molar-refractivity contribution in [1.29, 1.82) is 0 Å². The van der Waals surface area contributed by atoms with Crippen LogP contribution in [0, 0.1) is 10.1 Å². The molecule has 0 bridgehead atoms. The number of benzene rings is 2. The third-order valence-electron chi connectivity index (χ3n) is 5.39. The van der Waals surface area contributed by atoms with Gasteiger partial charge < -0.3 is 14.7 Å². The lowest BCUT2D eigenvalue weighted by Gasteiger charge is -2.36. The molecule has 1 aromatic heterocycles. The third kappa shape index (κ3) is 5.41. The van der Waals surface area contributed by atoms with Gasteiger partial charge >= 0.3 is 0 Å². The van der Waals surface area contributed by atoms with E-state index in [2.05, 4.69) is 26.3 Å². The normalized spacial score (nSPS) is 14.7. The molecule has 2 aromatic carbocycles. The van der Waals surface area contributed by atoms with Crippen molar-refractivity contribution >= 4 is 23.0 Å². The molecule has 2 heterocycles. The summed E-state index contributed by atoms with van der Waals surface area (Å²) in [6, 6.07) is 16.3. The van der Waals surface area contributed by atoms with Gasteiger partial charge in [0.15, 0.2) is 5.76 Å². The maximum Gasteiger partial charge on any atom is 0.278 e. The van der Waals surface area contributed by atoms with Gasteiger partial charge in [-0.3, -0.25) is 15.0 Å². The lowest BCUT2D eigenvalue weighted by atomic mass is 10.1. The average Bonchev–Trinajstić information content (AvgIpc) is 3.26. The maximum absolute atomic E-state index is 11.2. The first-order chi connectivity index (χ1) is 15.1. The summed E-state index contributed by atoms with van der Waals surface area (Å²) < 4.78 is 5.35. The first-order valence-electron chi connectivity index (χ1n) is 10.2. The average molecular weight is 442 g/mol. The van der Waals surface area contributed by atoms with Crippen molar-refractivity contribution in [2.24, 2.45) is 0 Å². The third-order valence-corrected chi connectivity index (χ3v) is 5.62. The highest BCUT2D eigenvalue weighted by Crippen LogP contribution is 2.29. The predicted octanol–water partition coefficient (Wildman–Crippen LogP) is 3.82. The summed E-state index contributed by atoms with van der Waals surface area (Å²) in [5, 5.41) is 19.3. The van der Waals surface area contributed by atoms with Crippen molar-refractivity contribution in [3.05, 3.63) is 75.5 Å². The van der Waals surface area contributed by atoms with Gasteiger partial charge in [-0.15, -0.1) is 0 Å². The molecule has 31 heavy (non-hydrogen) atoms. The number of aromatic nitrogens is 1. The van der Waals surface area contributed by atoms with Crippen LogP contribution in [0.4, 0.5) is 11.4 Å². The maximum atomic E-state index is 11.2. The number of nitrogens with one attached hydrogen (secondary N) is 1. The number of nitro groups is 1. The van der Waals surface area contributed by atoms with E-state index in [0.29, 0.717) is 23.6 Å². The molecule has 9 heteroatoms. The SMILES string of the molecule is O=[N+]([O-])c1ccccc1-c1cc(CNCCN2CCN(c3cccc(Cl)c3)CC2)on1. The number of para-hydroxylation sites is 1. The first kappa shape index (κ1) is 21.3. The number of nitrogens with zero attached hydrogens (tertiary/aromatic N) is 4. The van der Waals surface area contributed by atoms with E-state index in [1.165, 1.54) is 11.8 Å². The van der Waals surface area contributed by atoms with Crippen LogP contribution in [0.2, 0.25) is 5.02 Å². The van der Waals surface area contributed by atoms with Crippen LogP contribution in [0.3, 0.4) is 0 Å². The van der Waals surface area contributed by atoms with E-state index in [0.717, 1.165) is 44.3 Å². The van der Waals surface area contributed by atoms with Crippen LogP contribution >= 0.6 is 11.6 Å². The van der Waals surface area contributed by atoms with Crippen molar-refractivity contribution in [2.75, 3.05) is 44.2 Å². The van der Waals surface area contributed by atoms with Gasteiger partial charge in [0.2, 0.25) is 0 Å². The molecule has 1 saturated heterocycles. The number of hydrogen-bond acceptors (Lipinski definition) is 7. The van der Waals surface area contributed by atoms with Crippen molar-refractivity contribution in [3.8, 4) is 11.3 Å². The largest absolute Gasteiger partial charge is 0.369 e. The topological polar surface area (TPSA) is 87.7 Å². The minimum Gasteiger partial charge on any atom is -0.369 e. The van der Waals surface area contributed by atoms with E-state index < -0.39 is 4.92 Å². The number of anilines is 1. The number of rotatable bonds is 8. The summed E-state index contributed by atoms with van der Waals surface area (Å²) in [7, 11) is 0. The van der Waals surface area contributed by atoms with Crippen LogP contribution < -0.4 is 10.2 Å². The van der Waals surface area contributed by atoms with Gasteiger partial charge in [-0.25, -0.2) is 0 Å². The van der Waals surface area contributed by atoms with E-state index in [4.69, 9.17) is 16.1 Å². The van der Waals surface area contributed by atoms with Crippen molar-refractivity contribution in [2.45, 2.75) is 6.54 Å². The van der Waals surface area contributed by atoms with Gasteiger partial charge in [0.05, 0.1) is 17.0 Å². The Morgan fingerprint density at radius 3 is 2.68 bits per heavy atom. The molecular weight excluding hydrogens is 418 g/mol. The predicted molar refractivity (Wildman–Crippen MR) is 120 cm³/mol. The summed E-state index contributed by atoms with van der Waals surface area (Å²) in [5.41, 5.74) is 2.12. The van der Waals surface area contributed by atoms with Crippen molar-refractivity contribution in [1.82, 2.24) is 15.4 Å². The van der Waals surface area contributed by atoms with Gasteiger partial charge in [0, 0.05) is 62.1 Å². The Labute approximate surface area is 185 Å². The molecule has 0 saturated carbocycles. The second kappa shape index (κ2) is 9.91. The minimum atomic E-state index is -0.409. The fourth-order valence-corrected chi connectivity index (χ4v) is 3.91. The molecule has 1 fully saturated rings. The lowest BCUT2D eigenvalue weighted by Crippen LogP contribution is -2.48. The second-order valence-electron chi connectivity index (χ2n) is 7.44. The number of piperazine rings is 1. The second-order valence-corrected chi connectivity index (χ2v) is 7.87. The van der Waals surface area contributed by atoms with Crippen LogP contribution in [-0.2, 0) is 6.54 Å². The Balaban J connectivity index is 1.21. The Morgan fingerprint density at radius 2 is 1.90 bits per heavy atom. The van der Waals surface area contributed by atoms with Crippen molar-refractivity contribution < 1.29 is 9.45 Å². The standard InChI is InChI=1S/C22H24ClN5O3/c23-17-4-3-5-18(14-17)27-12-10-26(11-13-27)9-8-24-16-19-15-21(25-31-19)20-6-1-2-7-22(20)28(29)30/h1-7,14-15,24H,8-13,16H2. The molecule has 3 aromatic rings. The Bertz CT molecular complexity index is 1030. The summed E-state index contributed by atoms with van der Waals surface area (Å²) in [4.78, 5) is 15.6. The molecule has 0 aliphatic carbocycles. The molecule has 0 atom stereocenters.